The fraction of sp³-hybridized carbons (Fsp3) is 0.647. The van der Waals surface area contributed by atoms with Crippen molar-refractivity contribution in [1.82, 2.24) is 0 Å². The molecule has 0 unspecified atom stereocenters. The second-order valence-corrected chi connectivity index (χ2v) is 4.98. The van der Waals surface area contributed by atoms with Crippen LogP contribution in [0, 0.1) is 6.92 Å². The number of hydrogen-bond donors (Lipinski definition) is 0. The molecule has 0 spiro atoms. The molecule has 0 heterocycles. The van der Waals surface area contributed by atoms with E-state index in [4.69, 9.17) is 9.47 Å². The van der Waals surface area contributed by atoms with Crippen LogP contribution in [0.2, 0.25) is 0 Å². The maximum absolute atomic E-state index is 5.70. The first kappa shape index (κ1) is 16.0. The molecule has 0 atom stereocenters. The smallest absolute Gasteiger partial charge is 0.119 e. The molecule has 0 aliphatic carbocycles. The molecule has 1 rings (SSSR count). The average molecular weight is 264 g/mol. The van der Waals surface area contributed by atoms with Crippen LogP contribution in [0.3, 0.4) is 0 Å². The van der Waals surface area contributed by atoms with Crippen LogP contribution in [0.25, 0.3) is 0 Å². The van der Waals surface area contributed by atoms with Gasteiger partial charge >= 0.3 is 0 Å². The molecular weight excluding hydrogens is 236 g/mol. The van der Waals surface area contributed by atoms with Gasteiger partial charge in [0.25, 0.3) is 0 Å². The lowest BCUT2D eigenvalue weighted by atomic mass is 10.1. The highest BCUT2D eigenvalue weighted by molar-refractivity contribution is 5.26. The molecule has 0 radical (unpaired) electrons. The zero-order valence-corrected chi connectivity index (χ0v) is 12.5. The highest BCUT2D eigenvalue weighted by atomic mass is 16.5. The lowest BCUT2D eigenvalue weighted by molar-refractivity contribution is 0.143. The molecule has 19 heavy (non-hydrogen) atoms. The summed E-state index contributed by atoms with van der Waals surface area (Å²) in [5, 5.41) is 0. The minimum Gasteiger partial charge on any atom is -0.494 e. The maximum atomic E-state index is 5.70. The Hall–Kier alpha value is -1.02. The number of rotatable bonds is 11. The van der Waals surface area contributed by atoms with Crippen molar-refractivity contribution >= 4 is 0 Å². The Morgan fingerprint density at radius 3 is 2.00 bits per heavy atom. The Morgan fingerprint density at radius 1 is 0.789 bits per heavy atom. The second-order valence-electron chi connectivity index (χ2n) is 4.98. The van der Waals surface area contributed by atoms with E-state index in [1.165, 1.54) is 37.7 Å². The van der Waals surface area contributed by atoms with Crippen LogP contribution in [0.1, 0.15) is 51.0 Å². The molecule has 0 saturated heterocycles. The summed E-state index contributed by atoms with van der Waals surface area (Å²) in [5.74, 6) is 0.988. The molecule has 0 saturated carbocycles. The van der Waals surface area contributed by atoms with E-state index < -0.39 is 0 Å². The summed E-state index contributed by atoms with van der Waals surface area (Å²) < 4.78 is 11.0. The summed E-state index contributed by atoms with van der Waals surface area (Å²) >= 11 is 0. The summed E-state index contributed by atoms with van der Waals surface area (Å²) in [7, 11) is 0. The molecule has 108 valence electrons. The Balaban J connectivity index is 1.87. The van der Waals surface area contributed by atoms with Crippen LogP contribution in [-0.2, 0) is 4.74 Å². The van der Waals surface area contributed by atoms with E-state index in [1.807, 2.05) is 19.1 Å². The number of aryl methyl sites for hydroxylation is 1. The molecule has 0 amide bonds. The van der Waals surface area contributed by atoms with Gasteiger partial charge in [0.2, 0.25) is 0 Å². The van der Waals surface area contributed by atoms with Crippen LogP contribution in [0.15, 0.2) is 24.3 Å². The van der Waals surface area contributed by atoms with Crippen molar-refractivity contribution in [2.24, 2.45) is 0 Å². The van der Waals surface area contributed by atoms with Gasteiger partial charge in [0.05, 0.1) is 6.61 Å². The quantitative estimate of drug-likeness (QED) is 0.537. The predicted molar refractivity (Wildman–Crippen MR) is 80.9 cm³/mol. The molecular formula is C17H28O2. The van der Waals surface area contributed by atoms with Crippen LogP contribution >= 0.6 is 0 Å². The number of benzene rings is 1. The third-order valence-corrected chi connectivity index (χ3v) is 3.18. The highest BCUT2D eigenvalue weighted by Crippen LogP contribution is 2.12. The number of ether oxygens (including phenoxy) is 2. The zero-order chi connectivity index (χ0) is 13.8. The van der Waals surface area contributed by atoms with Crippen molar-refractivity contribution in [3.8, 4) is 5.75 Å². The zero-order valence-electron chi connectivity index (χ0n) is 12.5. The van der Waals surface area contributed by atoms with Crippen molar-refractivity contribution in [2.45, 2.75) is 52.4 Å². The topological polar surface area (TPSA) is 18.5 Å². The first-order valence-electron chi connectivity index (χ1n) is 7.60. The molecule has 0 aromatic heterocycles. The summed E-state index contributed by atoms with van der Waals surface area (Å²) in [4.78, 5) is 0. The fourth-order valence-electron chi connectivity index (χ4n) is 1.98. The van der Waals surface area contributed by atoms with E-state index in [0.717, 1.165) is 32.0 Å². The van der Waals surface area contributed by atoms with Crippen LogP contribution < -0.4 is 4.74 Å². The van der Waals surface area contributed by atoms with Crippen molar-refractivity contribution < 1.29 is 9.47 Å². The Kier molecular flexibility index (Phi) is 9.17. The van der Waals surface area contributed by atoms with Crippen molar-refractivity contribution in [1.29, 1.82) is 0 Å². The lowest BCUT2D eigenvalue weighted by Crippen LogP contribution is -1.97. The monoisotopic (exact) mass is 264 g/mol. The summed E-state index contributed by atoms with van der Waals surface area (Å²) in [5.41, 5.74) is 1.28. The molecule has 2 nitrogen and oxygen atoms in total. The van der Waals surface area contributed by atoms with E-state index in [9.17, 15) is 0 Å². The van der Waals surface area contributed by atoms with Gasteiger partial charge in [0, 0.05) is 13.2 Å². The van der Waals surface area contributed by atoms with Gasteiger partial charge in [-0.05, 0) is 38.8 Å². The Labute approximate surface area is 118 Å². The molecule has 2 heteroatoms. The van der Waals surface area contributed by atoms with Crippen molar-refractivity contribution in [2.75, 3.05) is 19.8 Å². The largest absolute Gasteiger partial charge is 0.494 e. The van der Waals surface area contributed by atoms with Gasteiger partial charge in [0.15, 0.2) is 0 Å². The van der Waals surface area contributed by atoms with Gasteiger partial charge in [-0.1, -0.05) is 43.4 Å². The minimum absolute atomic E-state index is 0.835. The van der Waals surface area contributed by atoms with Crippen LogP contribution in [0.5, 0.6) is 5.75 Å². The van der Waals surface area contributed by atoms with Crippen LogP contribution in [0.4, 0.5) is 0 Å². The van der Waals surface area contributed by atoms with Gasteiger partial charge in [-0.2, -0.15) is 0 Å². The normalized spacial score (nSPS) is 10.6. The SMILES string of the molecule is CCOCCCCCCCCOc1ccc(C)cc1. The van der Waals surface area contributed by atoms with E-state index >= 15 is 0 Å². The third-order valence-electron chi connectivity index (χ3n) is 3.18. The molecule has 1 aromatic carbocycles. The molecule has 0 aliphatic rings. The fourth-order valence-corrected chi connectivity index (χ4v) is 1.98. The molecule has 0 bridgehead atoms. The lowest BCUT2D eigenvalue weighted by Gasteiger charge is -2.06. The first-order valence-corrected chi connectivity index (χ1v) is 7.60. The molecule has 0 N–H and O–H groups in total. The maximum Gasteiger partial charge on any atom is 0.119 e. The van der Waals surface area contributed by atoms with Crippen molar-refractivity contribution in [3.05, 3.63) is 29.8 Å². The standard InChI is InChI=1S/C17H28O2/c1-3-18-14-8-6-4-5-7-9-15-19-17-12-10-16(2)11-13-17/h10-13H,3-9,14-15H2,1-2H3. The minimum atomic E-state index is 0.835. The number of unbranched alkanes of at least 4 members (excludes halogenated alkanes) is 5. The number of hydrogen-bond acceptors (Lipinski definition) is 2. The highest BCUT2D eigenvalue weighted by Gasteiger charge is 1.94. The summed E-state index contributed by atoms with van der Waals surface area (Å²) in [6.45, 7) is 6.74. The van der Waals surface area contributed by atoms with Gasteiger partial charge in [-0.3, -0.25) is 0 Å². The van der Waals surface area contributed by atoms with Crippen LogP contribution in [-0.4, -0.2) is 19.8 Å². The Bertz CT molecular complexity index is 306. The molecule has 1 aromatic rings. The van der Waals surface area contributed by atoms with Gasteiger partial charge < -0.3 is 9.47 Å². The predicted octanol–water partition coefficient (Wildman–Crippen LogP) is 4.75. The third kappa shape index (κ3) is 8.66. The Morgan fingerprint density at radius 2 is 1.37 bits per heavy atom. The van der Waals surface area contributed by atoms with E-state index in [-0.39, 0.29) is 0 Å². The van der Waals surface area contributed by atoms with Crippen molar-refractivity contribution in [3.63, 3.8) is 0 Å². The van der Waals surface area contributed by atoms with Gasteiger partial charge in [0.1, 0.15) is 5.75 Å². The van der Waals surface area contributed by atoms with Gasteiger partial charge in [-0.25, -0.2) is 0 Å². The van der Waals surface area contributed by atoms with E-state index in [1.54, 1.807) is 0 Å². The van der Waals surface area contributed by atoms with Gasteiger partial charge in [-0.15, -0.1) is 0 Å². The summed E-state index contributed by atoms with van der Waals surface area (Å²) in [6.07, 6.45) is 7.54. The average Bonchev–Trinajstić information content (AvgIpc) is 2.43. The van der Waals surface area contributed by atoms with E-state index in [0.29, 0.717) is 0 Å². The van der Waals surface area contributed by atoms with E-state index in [2.05, 4.69) is 19.1 Å². The molecule has 0 aliphatic heterocycles. The molecule has 0 fully saturated rings. The first-order chi connectivity index (χ1) is 9.33. The summed E-state index contributed by atoms with van der Waals surface area (Å²) in [6, 6.07) is 8.27. The second kappa shape index (κ2) is 10.9.